The van der Waals surface area contributed by atoms with Crippen molar-refractivity contribution < 1.29 is 4.79 Å². The standard InChI is InChI=1S/C23H36N4O/c1-18(2)14-23(10-6-11-23)17-26-22(24-3)25-15-19-7-4-8-20(13-19)16-27-12-5-9-21(27)28/h4,7-8,13,18H,5-6,9-12,14-17H2,1-3H3,(H2,24,25,26). The van der Waals surface area contributed by atoms with Gasteiger partial charge in [0.25, 0.3) is 0 Å². The van der Waals surface area contributed by atoms with Crippen molar-refractivity contribution in [1.82, 2.24) is 15.5 Å². The second-order valence-corrected chi connectivity index (χ2v) is 8.97. The molecule has 28 heavy (non-hydrogen) atoms. The average molecular weight is 385 g/mol. The van der Waals surface area contributed by atoms with Gasteiger partial charge in [0.05, 0.1) is 0 Å². The van der Waals surface area contributed by atoms with Gasteiger partial charge in [-0.3, -0.25) is 9.79 Å². The molecule has 5 heteroatoms. The number of carbonyl (C=O) groups is 1. The molecular weight excluding hydrogens is 348 g/mol. The normalized spacial score (nSPS) is 19.1. The van der Waals surface area contributed by atoms with Gasteiger partial charge in [0.2, 0.25) is 5.91 Å². The molecule has 1 aromatic carbocycles. The molecule has 0 radical (unpaired) electrons. The first kappa shape index (κ1) is 20.7. The third kappa shape index (κ3) is 5.49. The van der Waals surface area contributed by atoms with Crippen LogP contribution in [0.3, 0.4) is 0 Å². The Morgan fingerprint density at radius 3 is 2.61 bits per heavy atom. The number of carbonyl (C=O) groups excluding carboxylic acids is 1. The van der Waals surface area contributed by atoms with E-state index in [-0.39, 0.29) is 5.91 Å². The van der Waals surface area contributed by atoms with E-state index in [0.29, 0.717) is 11.8 Å². The summed E-state index contributed by atoms with van der Waals surface area (Å²) in [5.74, 6) is 1.89. The molecule has 2 N–H and O–H groups in total. The summed E-state index contributed by atoms with van der Waals surface area (Å²) in [7, 11) is 1.83. The molecule has 1 aliphatic heterocycles. The van der Waals surface area contributed by atoms with Crippen molar-refractivity contribution in [3.63, 3.8) is 0 Å². The second kappa shape index (κ2) is 9.44. The predicted octanol–water partition coefficient (Wildman–Crippen LogP) is 3.69. The topological polar surface area (TPSA) is 56.7 Å². The molecule has 0 atom stereocenters. The number of nitrogens with zero attached hydrogens (tertiary/aromatic N) is 2. The van der Waals surface area contributed by atoms with Gasteiger partial charge in [-0.25, -0.2) is 0 Å². The van der Waals surface area contributed by atoms with Crippen molar-refractivity contribution in [2.24, 2.45) is 16.3 Å². The number of likely N-dealkylation sites (tertiary alicyclic amines) is 1. The minimum absolute atomic E-state index is 0.277. The van der Waals surface area contributed by atoms with Crippen LogP contribution in [0.25, 0.3) is 0 Å². The summed E-state index contributed by atoms with van der Waals surface area (Å²) < 4.78 is 0. The number of guanidine groups is 1. The molecule has 0 unspecified atom stereocenters. The Labute approximate surface area is 170 Å². The van der Waals surface area contributed by atoms with Crippen LogP contribution >= 0.6 is 0 Å². The third-order valence-corrected chi connectivity index (χ3v) is 6.11. The Morgan fingerprint density at radius 2 is 2.00 bits per heavy atom. The van der Waals surface area contributed by atoms with Gasteiger partial charge in [0.1, 0.15) is 0 Å². The lowest BCUT2D eigenvalue weighted by Crippen LogP contribution is -2.46. The summed E-state index contributed by atoms with van der Waals surface area (Å²) in [6.07, 6.45) is 6.97. The fraction of sp³-hybridized carbons (Fsp3) is 0.652. The van der Waals surface area contributed by atoms with Gasteiger partial charge in [0.15, 0.2) is 5.96 Å². The lowest BCUT2D eigenvalue weighted by molar-refractivity contribution is -0.128. The van der Waals surface area contributed by atoms with Crippen LogP contribution in [0.4, 0.5) is 0 Å². The molecule has 1 saturated carbocycles. The molecule has 1 amide bonds. The smallest absolute Gasteiger partial charge is 0.222 e. The van der Waals surface area contributed by atoms with E-state index in [0.717, 1.165) is 44.5 Å². The number of aliphatic imine (C=N–C) groups is 1. The van der Waals surface area contributed by atoms with E-state index in [2.05, 4.69) is 53.7 Å². The zero-order valence-corrected chi connectivity index (χ0v) is 17.8. The van der Waals surface area contributed by atoms with Crippen molar-refractivity contribution in [2.75, 3.05) is 20.1 Å². The molecule has 0 bridgehead atoms. The molecule has 5 nitrogen and oxygen atoms in total. The quantitative estimate of drug-likeness (QED) is 0.531. The molecule has 1 saturated heterocycles. The van der Waals surface area contributed by atoms with Gasteiger partial charge in [-0.05, 0) is 48.1 Å². The molecule has 1 aromatic rings. The largest absolute Gasteiger partial charge is 0.356 e. The summed E-state index contributed by atoms with van der Waals surface area (Å²) in [4.78, 5) is 18.2. The highest BCUT2D eigenvalue weighted by Gasteiger charge is 2.37. The second-order valence-electron chi connectivity index (χ2n) is 8.97. The van der Waals surface area contributed by atoms with Crippen LogP contribution in [0, 0.1) is 11.3 Å². The SMILES string of the molecule is CN=C(NCc1cccc(CN2CCCC2=O)c1)NCC1(CC(C)C)CCC1. The number of benzene rings is 1. The summed E-state index contributed by atoms with van der Waals surface area (Å²) >= 11 is 0. The Kier molecular flexibility index (Phi) is 6.97. The van der Waals surface area contributed by atoms with Crippen LogP contribution in [-0.4, -0.2) is 36.9 Å². The molecule has 2 aliphatic rings. The number of rotatable bonds is 8. The van der Waals surface area contributed by atoms with Gasteiger partial charge in [0, 0.05) is 39.6 Å². The third-order valence-electron chi connectivity index (χ3n) is 6.11. The zero-order valence-electron chi connectivity index (χ0n) is 17.8. The van der Waals surface area contributed by atoms with Crippen molar-refractivity contribution in [3.8, 4) is 0 Å². The van der Waals surface area contributed by atoms with Gasteiger partial charge < -0.3 is 15.5 Å². The van der Waals surface area contributed by atoms with Crippen molar-refractivity contribution in [2.45, 2.75) is 65.5 Å². The van der Waals surface area contributed by atoms with Gasteiger partial charge in [-0.2, -0.15) is 0 Å². The van der Waals surface area contributed by atoms with E-state index in [1.807, 2.05) is 11.9 Å². The van der Waals surface area contributed by atoms with Crippen molar-refractivity contribution >= 4 is 11.9 Å². The van der Waals surface area contributed by atoms with Crippen molar-refractivity contribution in [1.29, 1.82) is 0 Å². The van der Waals surface area contributed by atoms with Gasteiger partial charge >= 0.3 is 0 Å². The Bertz CT molecular complexity index is 694. The Hall–Kier alpha value is -2.04. The average Bonchev–Trinajstić information content (AvgIpc) is 3.04. The molecule has 2 fully saturated rings. The fourth-order valence-electron chi connectivity index (χ4n) is 4.60. The van der Waals surface area contributed by atoms with E-state index in [9.17, 15) is 4.79 Å². The maximum absolute atomic E-state index is 11.9. The summed E-state index contributed by atoms with van der Waals surface area (Å²) in [5.41, 5.74) is 2.86. The molecule has 1 aliphatic carbocycles. The molecular formula is C23H36N4O. The minimum atomic E-state index is 0.277. The summed E-state index contributed by atoms with van der Waals surface area (Å²) in [6.45, 7) is 7.97. The highest BCUT2D eigenvalue weighted by molar-refractivity contribution is 5.79. The summed E-state index contributed by atoms with van der Waals surface area (Å²) in [5, 5.41) is 7.00. The van der Waals surface area contributed by atoms with Crippen LogP contribution in [0.1, 0.15) is 63.5 Å². The molecule has 0 spiro atoms. The maximum atomic E-state index is 11.9. The predicted molar refractivity (Wildman–Crippen MR) is 115 cm³/mol. The highest BCUT2D eigenvalue weighted by Crippen LogP contribution is 2.45. The van der Waals surface area contributed by atoms with E-state index in [1.165, 1.54) is 36.8 Å². The lowest BCUT2D eigenvalue weighted by atomic mass is 9.64. The molecule has 154 valence electrons. The van der Waals surface area contributed by atoms with Gasteiger partial charge in [-0.15, -0.1) is 0 Å². The first-order valence-corrected chi connectivity index (χ1v) is 10.8. The summed E-state index contributed by atoms with van der Waals surface area (Å²) in [6, 6.07) is 8.50. The monoisotopic (exact) mass is 384 g/mol. The van der Waals surface area contributed by atoms with E-state index >= 15 is 0 Å². The zero-order chi connectivity index (χ0) is 20.0. The van der Waals surface area contributed by atoms with Crippen molar-refractivity contribution in [3.05, 3.63) is 35.4 Å². The number of nitrogens with one attached hydrogen (secondary N) is 2. The Balaban J connectivity index is 1.49. The Morgan fingerprint density at radius 1 is 1.21 bits per heavy atom. The number of hydrogen-bond acceptors (Lipinski definition) is 2. The van der Waals surface area contributed by atoms with Gasteiger partial charge in [-0.1, -0.05) is 44.5 Å². The van der Waals surface area contributed by atoms with Crippen LogP contribution < -0.4 is 10.6 Å². The number of hydrogen-bond donors (Lipinski definition) is 2. The number of amides is 1. The first-order chi connectivity index (χ1) is 13.5. The van der Waals surface area contributed by atoms with Crippen LogP contribution in [0.2, 0.25) is 0 Å². The fourth-order valence-corrected chi connectivity index (χ4v) is 4.60. The van der Waals surface area contributed by atoms with Crippen LogP contribution in [0.5, 0.6) is 0 Å². The first-order valence-electron chi connectivity index (χ1n) is 10.8. The van der Waals surface area contributed by atoms with E-state index in [1.54, 1.807) is 0 Å². The molecule has 1 heterocycles. The van der Waals surface area contributed by atoms with E-state index < -0.39 is 0 Å². The lowest BCUT2D eigenvalue weighted by Gasteiger charge is -2.43. The highest BCUT2D eigenvalue weighted by atomic mass is 16.2. The molecule has 3 rings (SSSR count). The van der Waals surface area contributed by atoms with Crippen LogP contribution in [0.15, 0.2) is 29.3 Å². The van der Waals surface area contributed by atoms with E-state index in [4.69, 9.17) is 0 Å². The maximum Gasteiger partial charge on any atom is 0.222 e. The van der Waals surface area contributed by atoms with Crippen LogP contribution in [-0.2, 0) is 17.9 Å². The minimum Gasteiger partial charge on any atom is -0.356 e. The molecule has 0 aromatic heterocycles.